The predicted molar refractivity (Wildman–Crippen MR) is 53.6 cm³/mol. The minimum atomic E-state index is -0.355. The Hall–Kier alpha value is -0.710. The molecule has 0 amide bonds. The lowest BCUT2D eigenvalue weighted by molar-refractivity contribution is 0.624. The summed E-state index contributed by atoms with van der Waals surface area (Å²) in [6.07, 6.45) is 0.549. The summed E-state index contributed by atoms with van der Waals surface area (Å²) in [5.41, 5.74) is 0.317. The van der Waals surface area contributed by atoms with Crippen LogP contribution in [0.2, 0.25) is 5.02 Å². The minimum absolute atomic E-state index is 0.317. The van der Waals surface area contributed by atoms with Crippen molar-refractivity contribution in [1.29, 1.82) is 0 Å². The molecule has 0 spiro atoms. The maximum atomic E-state index is 13.0. The molecule has 0 saturated heterocycles. The molecule has 0 fully saturated rings. The Morgan fingerprint density at radius 3 is 2.85 bits per heavy atom. The summed E-state index contributed by atoms with van der Waals surface area (Å²) in [4.78, 5) is 0. The number of alkyl halides is 1. The van der Waals surface area contributed by atoms with Crippen LogP contribution in [-0.2, 0) is 0 Å². The molecular formula is C10H7Cl2F. The van der Waals surface area contributed by atoms with Gasteiger partial charge in [-0.3, -0.25) is 0 Å². The quantitative estimate of drug-likeness (QED) is 0.499. The Balaban J connectivity index is 2.89. The van der Waals surface area contributed by atoms with Crippen molar-refractivity contribution < 1.29 is 4.39 Å². The Bertz CT molecular complexity index is 350. The Morgan fingerprint density at radius 2 is 2.15 bits per heavy atom. The van der Waals surface area contributed by atoms with Crippen LogP contribution in [0.3, 0.4) is 0 Å². The van der Waals surface area contributed by atoms with Crippen LogP contribution in [0, 0.1) is 17.7 Å². The third-order valence-electron chi connectivity index (χ3n) is 1.37. The predicted octanol–water partition coefficient (Wildman–Crippen LogP) is 3.46. The number of hydrogen-bond acceptors (Lipinski definition) is 0. The van der Waals surface area contributed by atoms with Gasteiger partial charge in [-0.15, -0.1) is 11.6 Å². The van der Waals surface area contributed by atoms with E-state index in [0.717, 1.165) is 0 Å². The van der Waals surface area contributed by atoms with Gasteiger partial charge in [-0.05, 0) is 18.2 Å². The van der Waals surface area contributed by atoms with E-state index in [0.29, 0.717) is 22.9 Å². The van der Waals surface area contributed by atoms with Crippen molar-refractivity contribution in [3.05, 3.63) is 34.6 Å². The van der Waals surface area contributed by atoms with Crippen LogP contribution in [0.4, 0.5) is 4.39 Å². The highest BCUT2D eigenvalue weighted by molar-refractivity contribution is 6.30. The van der Waals surface area contributed by atoms with Gasteiger partial charge in [-0.1, -0.05) is 23.4 Å². The van der Waals surface area contributed by atoms with Crippen molar-refractivity contribution in [3.63, 3.8) is 0 Å². The maximum absolute atomic E-state index is 13.0. The van der Waals surface area contributed by atoms with Gasteiger partial charge in [-0.25, -0.2) is 4.39 Å². The van der Waals surface area contributed by atoms with Gasteiger partial charge in [0.2, 0.25) is 0 Å². The van der Waals surface area contributed by atoms with Crippen molar-refractivity contribution in [2.45, 2.75) is 6.42 Å². The molecule has 0 saturated carbocycles. The molecule has 1 aromatic carbocycles. The zero-order valence-electron chi connectivity index (χ0n) is 6.78. The Kier molecular flexibility index (Phi) is 4.08. The molecule has 0 aliphatic carbocycles. The fraction of sp³-hybridized carbons (Fsp3) is 0.200. The second-order valence-corrected chi connectivity index (χ2v) is 3.18. The van der Waals surface area contributed by atoms with Crippen LogP contribution in [-0.4, -0.2) is 5.88 Å². The zero-order valence-corrected chi connectivity index (χ0v) is 8.29. The van der Waals surface area contributed by atoms with E-state index in [1.54, 1.807) is 0 Å². The van der Waals surface area contributed by atoms with Gasteiger partial charge in [0.15, 0.2) is 0 Å². The molecule has 0 nitrogen and oxygen atoms in total. The van der Waals surface area contributed by atoms with Gasteiger partial charge in [0.05, 0.1) is 5.56 Å². The van der Waals surface area contributed by atoms with Crippen molar-refractivity contribution in [2.75, 3.05) is 5.88 Å². The first-order valence-electron chi connectivity index (χ1n) is 3.74. The number of rotatable bonds is 1. The standard InChI is InChI=1S/C10H7Cl2F/c11-6-2-1-3-8-7-9(12)4-5-10(8)13/h4-5,7H,2,6H2. The Morgan fingerprint density at radius 1 is 1.38 bits per heavy atom. The van der Waals surface area contributed by atoms with E-state index in [4.69, 9.17) is 23.2 Å². The lowest BCUT2D eigenvalue weighted by atomic mass is 10.2. The van der Waals surface area contributed by atoms with E-state index in [1.165, 1.54) is 18.2 Å². The first-order valence-corrected chi connectivity index (χ1v) is 4.65. The summed E-state index contributed by atoms with van der Waals surface area (Å²) in [6.45, 7) is 0. The van der Waals surface area contributed by atoms with Crippen molar-refractivity contribution >= 4 is 23.2 Å². The molecule has 3 heteroatoms. The summed E-state index contributed by atoms with van der Waals surface area (Å²) in [5.74, 6) is 5.50. The van der Waals surface area contributed by atoms with Gasteiger partial charge < -0.3 is 0 Å². The molecule has 0 aromatic heterocycles. The van der Waals surface area contributed by atoms with Gasteiger partial charge in [0.1, 0.15) is 5.82 Å². The highest BCUT2D eigenvalue weighted by Crippen LogP contribution is 2.13. The van der Waals surface area contributed by atoms with Gasteiger partial charge in [0.25, 0.3) is 0 Å². The third kappa shape index (κ3) is 3.26. The van der Waals surface area contributed by atoms with Crippen molar-refractivity contribution in [2.24, 2.45) is 0 Å². The van der Waals surface area contributed by atoms with Gasteiger partial charge in [-0.2, -0.15) is 0 Å². The van der Waals surface area contributed by atoms with Gasteiger partial charge >= 0.3 is 0 Å². The fourth-order valence-corrected chi connectivity index (χ4v) is 1.06. The molecule has 0 N–H and O–H groups in total. The Labute approximate surface area is 86.7 Å². The molecular weight excluding hydrogens is 210 g/mol. The summed E-state index contributed by atoms with van der Waals surface area (Å²) < 4.78 is 13.0. The van der Waals surface area contributed by atoms with E-state index in [9.17, 15) is 4.39 Å². The number of hydrogen-bond donors (Lipinski definition) is 0. The lowest BCUT2D eigenvalue weighted by Gasteiger charge is -1.93. The molecule has 0 unspecified atom stereocenters. The fourth-order valence-electron chi connectivity index (χ4n) is 0.798. The van der Waals surface area contributed by atoms with E-state index in [1.807, 2.05) is 0 Å². The van der Waals surface area contributed by atoms with E-state index in [2.05, 4.69) is 11.8 Å². The second-order valence-electron chi connectivity index (χ2n) is 2.36. The molecule has 0 heterocycles. The largest absolute Gasteiger partial charge is 0.206 e. The first kappa shape index (κ1) is 10.4. The molecule has 13 heavy (non-hydrogen) atoms. The number of halogens is 3. The molecule has 1 rings (SSSR count). The average Bonchev–Trinajstić information content (AvgIpc) is 2.11. The smallest absolute Gasteiger partial charge is 0.138 e. The molecule has 0 aliphatic heterocycles. The first-order chi connectivity index (χ1) is 6.24. The highest BCUT2D eigenvalue weighted by Gasteiger charge is 1.98. The van der Waals surface area contributed by atoms with Crippen LogP contribution in [0.15, 0.2) is 18.2 Å². The maximum Gasteiger partial charge on any atom is 0.138 e. The molecule has 0 aliphatic rings. The summed E-state index contributed by atoms with van der Waals surface area (Å²) in [6, 6.07) is 4.29. The summed E-state index contributed by atoms with van der Waals surface area (Å²) in [5, 5.41) is 0.483. The third-order valence-corrected chi connectivity index (χ3v) is 1.80. The van der Waals surface area contributed by atoms with Crippen molar-refractivity contribution in [1.82, 2.24) is 0 Å². The molecule has 1 aromatic rings. The topological polar surface area (TPSA) is 0 Å². The minimum Gasteiger partial charge on any atom is -0.206 e. The average molecular weight is 217 g/mol. The monoisotopic (exact) mass is 216 g/mol. The van der Waals surface area contributed by atoms with E-state index < -0.39 is 0 Å². The van der Waals surface area contributed by atoms with Crippen LogP contribution in [0.5, 0.6) is 0 Å². The van der Waals surface area contributed by atoms with Crippen LogP contribution >= 0.6 is 23.2 Å². The SMILES string of the molecule is Fc1ccc(Cl)cc1C#CCCCl. The van der Waals surface area contributed by atoms with E-state index in [-0.39, 0.29) is 5.82 Å². The normalized spacial score (nSPS) is 9.15. The van der Waals surface area contributed by atoms with Crippen LogP contribution in [0.1, 0.15) is 12.0 Å². The summed E-state index contributed by atoms with van der Waals surface area (Å²) in [7, 11) is 0. The lowest BCUT2D eigenvalue weighted by Crippen LogP contribution is -1.82. The molecule has 0 atom stereocenters. The van der Waals surface area contributed by atoms with Crippen LogP contribution in [0.25, 0.3) is 0 Å². The zero-order chi connectivity index (χ0) is 9.68. The molecule has 0 bridgehead atoms. The summed E-state index contributed by atoms with van der Waals surface area (Å²) >= 11 is 11.1. The van der Waals surface area contributed by atoms with Crippen molar-refractivity contribution in [3.8, 4) is 11.8 Å². The van der Waals surface area contributed by atoms with E-state index >= 15 is 0 Å². The molecule has 0 radical (unpaired) electrons. The second kappa shape index (κ2) is 5.11. The number of benzene rings is 1. The van der Waals surface area contributed by atoms with Crippen LogP contribution < -0.4 is 0 Å². The highest BCUT2D eigenvalue weighted by atomic mass is 35.5. The van der Waals surface area contributed by atoms with Gasteiger partial charge in [0, 0.05) is 17.3 Å². The molecule has 68 valence electrons.